The lowest BCUT2D eigenvalue weighted by molar-refractivity contribution is -0.127. The van der Waals surface area contributed by atoms with Crippen molar-refractivity contribution in [3.8, 4) is 0 Å². The van der Waals surface area contributed by atoms with Gasteiger partial charge in [0.05, 0.1) is 22.1 Å². The Bertz CT molecular complexity index is 4120. The van der Waals surface area contributed by atoms with Crippen LogP contribution < -0.4 is 16.4 Å². The van der Waals surface area contributed by atoms with E-state index in [0.29, 0.717) is 0 Å². The maximum absolute atomic E-state index is 12.8. The quantitative estimate of drug-likeness (QED) is 0.0227. The number of nitrogens with one attached hydrogen (secondary N) is 2. The number of allylic oxidation sites excluding steroid dienone is 1. The fourth-order valence-corrected chi connectivity index (χ4v) is 9.87. The van der Waals surface area contributed by atoms with E-state index in [0.717, 1.165) is 76.5 Å². The number of nitrogens with two attached hydrogens (primary N) is 1. The molecule has 15 nitrogen and oxygen atoms in total. The van der Waals surface area contributed by atoms with Crippen molar-refractivity contribution >= 4 is 50.9 Å². The van der Waals surface area contributed by atoms with E-state index in [9.17, 15) is 77.8 Å². The maximum Gasteiger partial charge on any atom is 0.265 e. The number of carbonyl (C=O) groups excluding carboxylic acids is 6. The zero-order valence-corrected chi connectivity index (χ0v) is 56.5. The van der Waals surface area contributed by atoms with Crippen LogP contribution in [0.25, 0.3) is 0 Å². The highest BCUT2D eigenvalue weighted by Crippen LogP contribution is 2.44. The number of pyridine rings is 5. The molecule has 1 fully saturated rings. The molecule has 526 valence electrons. The predicted molar refractivity (Wildman–Crippen MR) is 360 cm³/mol. The topological polar surface area (TPSA) is 237 Å². The Labute approximate surface area is 579 Å². The Morgan fingerprint density at radius 2 is 0.910 bits per heavy atom. The first-order chi connectivity index (χ1) is 47.0. The highest BCUT2D eigenvalue weighted by Gasteiger charge is 2.50. The SMILES string of the molecule is C=C1C(=O)NC(C)(c2ccc(C)cc2)CC1(O)c1ccc(C(F)F)cn1.C=CC(=O)NC(C)(CC(=O)c1ccc(C(F)F)cn1)c1ccc(C)cc1.C=CC(=O)c1ccc(C(F)F)cn1.Cc1ccc(C(C)(N)CC(=O)c2ccc(C(F)F)cn2)cc1.O=C(CBr)c1ccc(C(F)F)cn1. The Kier molecular flexibility index (Phi) is 29.2. The summed E-state index contributed by atoms with van der Waals surface area (Å²) < 4.78 is 124. The number of amides is 2. The van der Waals surface area contributed by atoms with E-state index in [1.54, 1.807) is 20.8 Å². The zero-order chi connectivity index (χ0) is 74.5. The van der Waals surface area contributed by atoms with Crippen LogP contribution in [-0.4, -0.2) is 70.3 Å². The molecule has 0 radical (unpaired) electrons. The van der Waals surface area contributed by atoms with Crippen molar-refractivity contribution in [1.82, 2.24) is 35.6 Å². The molecule has 0 bridgehead atoms. The summed E-state index contributed by atoms with van der Waals surface area (Å²) in [6, 6.07) is 35.1. The summed E-state index contributed by atoms with van der Waals surface area (Å²) in [5.41, 5.74) is 6.98. The van der Waals surface area contributed by atoms with E-state index in [2.05, 4.69) is 71.2 Å². The largest absolute Gasteiger partial charge is 0.378 e. The van der Waals surface area contributed by atoms with Crippen LogP contribution in [0.1, 0.15) is 181 Å². The van der Waals surface area contributed by atoms with Crippen LogP contribution in [0.4, 0.5) is 43.9 Å². The third-order valence-corrected chi connectivity index (χ3v) is 16.0. The minimum Gasteiger partial charge on any atom is -0.378 e. The van der Waals surface area contributed by atoms with Crippen LogP contribution in [0.15, 0.2) is 202 Å². The van der Waals surface area contributed by atoms with Gasteiger partial charge in [-0.3, -0.25) is 53.7 Å². The lowest BCUT2D eigenvalue weighted by Crippen LogP contribution is -2.56. The van der Waals surface area contributed by atoms with Crippen molar-refractivity contribution in [2.24, 2.45) is 5.73 Å². The van der Waals surface area contributed by atoms with Gasteiger partial charge in [-0.1, -0.05) is 125 Å². The molecule has 0 saturated carbocycles. The van der Waals surface area contributed by atoms with Gasteiger partial charge in [-0.15, -0.1) is 0 Å². The number of aliphatic hydroxyl groups is 1. The molecule has 1 aliphatic rings. The fraction of sp³-hybridized carbons (Fsp3) is 0.257. The first kappa shape index (κ1) is 80.6. The number of hydrogen-bond acceptors (Lipinski definition) is 13. The Morgan fingerprint density at radius 3 is 1.26 bits per heavy atom. The second-order valence-electron chi connectivity index (χ2n) is 23.6. The molecule has 2 amide bonds. The standard InChI is InChI=1S/2C20H20F2N2O2.C17H18F2N2O.C9H7F2NO.C8H6BrF2NO/c1-12-4-7-15(8-5-12)19(3)11-20(26,13(2)18(25)24-19)16-9-6-14(10-23-16)17(21)22;1-4-18(26)24-20(3,15-8-5-13(2)6-9-15)11-17(25)16-10-7-14(12-23-16)19(21)22;1-11-3-6-13(7-4-11)17(2,20)9-15(22)14-8-5-12(10-21-14)16(18)19;1-2-8(13)7-4-3-6(5-12-7)9(10)11;9-3-7(13)6-2-1-5(4-12-6)8(10)11/h4-10,17,26H,2,11H2,1,3H3,(H,24,25);4-10,12,19H,1,11H2,2-3H3,(H,24,26);3-8,10,16H,9,20H2,1-2H3;2-5,9H,1H2;1-2,4,8H,3H2. The molecule has 1 saturated heterocycles. The molecule has 0 aliphatic carbocycles. The second-order valence-corrected chi connectivity index (χ2v) is 24.1. The third kappa shape index (κ3) is 22.5. The molecule has 100 heavy (non-hydrogen) atoms. The zero-order valence-electron chi connectivity index (χ0n) is 54.9. The van der Waals surface area contributed by atoms with E-state index in [1.807, 2.05) is 93.6 Å². The molecule has 4 atom stereocenters. The van der Waals surface area contributed by atoms with E-state index in [4.69, 9.17) is 5.73 Å². The monoisotopic (exact) mass is 1450 g/mol. The van der Waals surface area contributed by atoms with Crippen LogP contribution in [0.2, 0.25) is 0 Å². The van der Waals surface area contributed by atoms with E-state index >= 15 is 0 Å². The van der Waals surface area contributed by atoms with Crippen LogP contribution in [-0.2, 0) is 31.8 Å². The number of hydrogen-bond donors (Lipinski definition) is 4. The van der Waals surface area contributed by atoms with Crippen LogP contribution in [0.3, 0.4) is 0 Å². The predicted octanol–water partition coefficient (Wildman–Crippen LogP) is 16.4. The molecule has 0 spiro atoms. The van der Waals surface area contributed by atoms with E-state index in [1.165, 1.54) is 60.7 Å². The van der Waals surface area contributed by atoms with E-state index in [-0.39, 0.29) is 110 Å². The number of nitrogens with zero attached hydrogens (tertiary/aromatic N) is 5. The first-order valence-electron chi connectivity index (χ1n) is 30.2. The number of carbonyl (C=O) groups is 6. The fourth-order valence-electron chi connectivity index (χ4n) is 9.58. The number of ketones is 4. The summed E-state index contributed by atoms with van der Waals surface area (Å²) in [6.45, 7) is 21.6. The molecule has 3 aromatic carbocycles. The average molecular weight is 1450 g/mol. The van der Waals surface area contributed by atoms with Gasteiger partial charge in [0.15, 0.2) is 17.3 Å². The minimum absolute atomic E-state index is 0.0527. The van der Waals surface area contributed by atoms with Gasteiger partial charge in [-0.2, -0.15) is 0 Å². The summed E-state index contributed by atoms with van der Waals surface area (Å²) in [5.74, 6) is -2.14. The molecule has 5 N–H and O–H groups in total. The van der Waals surface area contributed by atoms with Gasteiger partial charge in [0, 0.05) is 89.2 Å². The smallest absolute Gasteiger partial charge is 0.265 e. The van der Waals surface area contributed by atoms with Crippen molar-refractivity contribution in [3.05, 3.63) is 292 Å². The molecule has 26 heteroatoms. The highest BCUT2D eigenvalue weighted by molar-refractivity contribution is 9.09. The average Bonchev–Trinajstić information content (AvgIpc) is 0.744. The number of piperidine rings is 1. The maximum atomic E-state index is 12.8. The number of halogens is 11. The first-order valence-corrected chi connectivity index (χ1v) is 31.3. The summed E-state index contributed by atoms with van der Waals surface area (Å²) >= 11 is 2.96. The van der Waals surface area contributed by atoms with Gasteiger partial charge in [-0.05, 0) is 131 Å². The molecule has 8 aromatic rings. The van der Waals surface area contributed by atoms with Crippen molar-refractivity contribution in [3.63, 3.8) is 0 Å². The Hall–Kier alpha value is -10.1. The molecular weight excluding hydrogens is 1380 g/mol. The number of rotatable bonds is 21. The van der Waals surface area contributed by atoms with Gasteiger partial charge >= 0.3 is 0 Å². The second kappa shape index (κ2) is 36.2. The van der Waals surface area contributed by atoms with Crippen molar-refractivity contribution in [2.75, 3.05) is 5.33 Å². The minimum atomic E-state index is -2.65. The molecule has 1 aliphatic heterocycles. The van der Waals surface area contributed by atoms with Crippen molar-refractivity contribution < 1.29 is 77.8 Å². The Morgan fingerprint density at radius 1 is 0.550 bits per heavy atom. The lowest BCUT2D eigenvalue weighted by atomic mass is 9.72. The number of aryl methyl sites for hydroxylation is 3. The number of Topliss-reactive ketones (excluding diaryl/α,β-unsaturated/α-hetero) is 3. The van der Waals surface area contributed by atoms with Gasteiger partial charge in [-0.25, -0.2) is 43.9 Å². The summed E-state index contributed by atoms with van der Waals surface area (Å²) in [5, 5.41) is 17.1. The van der Waals surface area contributed by atoms with Gasteiger partial charge in [0.25, 0.3) is 38.0 Å². The lowest BCUT2D eigenvalue weighted by Gasteiger charge is -2.44. The van der Waals surface area contributed by atoms with Crippen LogP contribution >= 0.6 is 15.9 Å². The summed E-state index contributed by atoms with van der Waals surface area (Å²) in [7, 11) is 0. The normalized spacial score (nSPS) is 15.9. The van der Waals surface area contributed by atoms with Gasteiger partial charge < -0.3 is 21.5 Å². The van der Waals surface area contributed by atoms with Gasteiger partial charge in [0.2, 0.25) is 11.7 Å². The molecular formula is C74H71BrF10N8O7. The number of benzene rings is 3. The summed E-state index contributed by atoms with van der Waals surface area (Å²) in [6.07, 6.45) is -5.66. The number of alkyl halides is 11. The van der Waals surface area contributed by atoms with Gasteiger partial charge in [0.1, 0.15) is 28.4 Å². The van der Waals surface area contributed by atoms with E-state index < -0.39 is 66.2 Å². The Balaban J connectivity index is 0.000000232. The molecule has 4 unspecified atom stereocenters. The highest BCUT2D eigenvalue weighted by atomic mass is 79.9. The van der Waals surface area contributed by atoms with Crippen molar-refractivity contribution in [2.45, 2.75) is 115 Å². The van der Waals surface area contributed by atoms with Crippen molar-refractivity contribution in [1.29, 1.82) is 0 Å². The van der Waals surface area contributed by atoms with Crippen LogP contribution in [0.5, 0.6) is 0 Å². The summed E-state index contributed by atoms with van der Waals surface area (Å²) in [4.78, 5) is 90.0. The molecule has 6 heterocycles. The van der Waals surface area contributed by atoms with Crippen LogP contribution in [0, 0.1) is 20.8 Å². The third-order valence-electron chi connectivity index (χ3n) is 15.5. The number of aromatic nitrogens is 5. The molecule has 9 rings (SSSR count). The molecule has 5 aromatic heterocycles.